The Balaban J connectivity index is 1.95. The van der Waals surface area contributed by atoms with E-state index in [4.69, 9.17) is 10.00 Å². The zero-order valence-electron chi connectivity index (χ0n) is 11.8. The van der Waals surface area contributed by atoms with Crippen molar-refractivity contribution in [1.29, 1.82) is 5.26 Å². The minimum Gasteiger partial charge on any atom is -0.493 e. The minimum atomic E-state index is 0.458. The van der Waals surface area contributed by atoms with Gasteiger partial charge in [0, 0.05) is 11.3 Å². The van der Waals surface area contributed by atoms with Crippen molar-refractivity contribution in [2.45, 2.75) is 33.1 Å². The summed E-state index contributed by atoms with van der Waals surface area (Å²) in [4.78, 5) is 5.69. The Morgan fingerprint density at radius 1 is 1.35 bits per heavy atom. The third-order valence-corrected chi connectivity index (χ3v) is 4.22. The number of aromatic nitrogens is 1. The van der Waals surface area contributed by atoms with E-state index in [-0.39, 0.29) is 0 Å². The number of para-hydroxylation sites is 1. The van der Waals surface area contributed by atoms with Crippen molar-refractivity contribution in [2.75, 3.05) is 6.61 Å². The minimum absolute atomic E-state index is 0.458. The Morgan fingerprint density at radius 3 is 2.85 bits per heavy atom. The fraction of sp³-hybridized carbons (Fsp3) is 0.375. The van der Waals surface area contributed by atoms with Crippen LogP contribution < -0.4 is 4.74 Å². The zero-order chi connectivity index (χ0) is 14.4. The molecule has 20 heavy (non-hydrogen) atoms. The molecule has 0 aliphatic rings. The summed E-state index contributed by atoms with van der Waals surface area (Å²) in [6.45, 7) is 4.73. The monoisotopic (exact) mass is 286 g/mol. The third-order valence-electron chi connectivity index (χ3n) is 3.06. The second kappa shape index (κ2) is 7.06. The van der Waals surface area contributed by atoms with Crippen LogP contribution in [0.1, 0.15) is 28.1 Å². The fourth-order valence-corrected chi connectivity index (χ4v) is 3.07. The molecule has 104 valence electrons. The molecule has 0 amide bonds. The highest BCUT2D eigenvalue weighted by Gasteiger charge is 2.09. The van der Waals surface area contributed by atoms with Crippen LogP contribution in [0, 0.1) is 18.3 Å². The van der Waals surface area contributed by atoms with Crippen molar-refractivity contribution >= 4 is 11.3 Å². The lowest BCUT2D eigenvalue weighted by Gasteiger charge is -2.07. The van der Waals surface area contributed by atoms with Gasteiger partial charge in [-0.15, -0.1) is 11.3 Å². The number of hydrogen-bond donors (Lipinski definition) is 0. The molecule has 0 N–H and O–H groups in total. The molecule has 0 aliphatic heterocycles. The van der Waals surface area contributed by atoms with Gasteiger partial charge in [0.25, 0.3) is 0 Å². The summed E-state index contributed by atoms with van der Waals surface area (Å²) in [5.41, 5.74) is 2.20. The highest BCUT2D eigenvalue weighted by molar-refractivity contribution is 7.11. The van der Waals surface area contributed by atoms with Gasteiger partial charge in [-0.2, -0.15) is 5.26 Å². The van der Waals surface area contributed by atoms with Crippen LogP contribution in [0.4, 0.5) is 0 Å². The Bertz CT molecular complexity index is 613. The van der Waals surface area contributed by atoms with E-state index >= 15 is 0 Å². The van der Waals surface area contributed by atoms with Crippen molar-refractivity contribution in [1.82, 2.24) is 4.98 Å². The van der Waals surface area contributed by atoms with Crippen molar-refractivity contribution in [3.8, 4) is 11.8 Å². The Labute approximate surface area is 123 Å². The molecule has 0 radical (unpaired) electrons. The first-order valence-corrected chi connectivity index (χ1v) is 7.59. The molecule has 0 atom stereocenters. The van der Waals surface area contributed by atoms with Crippen LogP contribution in [0.3, 0.4) is 0 Å². The Kier molecular flexibility index (Phi) is 5.14. The van der Waals surface area contributed by atoms with Gasteiger partial charge in [0.15, 0.2) is 0 Å². The summed E-state index contributed by atoms with van der Waals surface area (Å²) in [6.07, 6.45) is 2.13. The van der Waals surface area contributed by atoms with Gasteiger partial charge in [-0.3, -0.25) is 0 Å². The van der Waals surface area contributed by atoms with E-state index in [1.807, 2.05) is 31.2 Å². The molecule has 4 heteroatoms. The number of benzene rings is 1. The molecule has 0 bridgehead atoms. The van der Waals surface area contributed by atoms with Crippen LogP contribution in [-0.4, -0.2) is 11.6 Å². The maximum Gasteiger partial charge on any atom is 0.122 e. The maximum atomic E-state index is 8.81. The molecule has 1 aromatic heterocycles. The van der Waals surface area contributed by atoms with Gasteiger partial charge in [-0.05, 0) is 25.0 Å². The number of hydrogen-bond acceptors (Lipinski definition) is 4. The smallest absolute Gasteiger partial charge is 0.122 e. The summed E-state index contributed by atoms with van der Waals surface area (Å²) < 4.78 is 5.79. The summed E-state index contributed by atoms with van der Waals surface area (Å²) in [5.74, 6) is 0.928. The standard InChI is InChI=1S/C16H18N2OS/c1-3-13-15(8-10-17)20-16(18-13)9-11-19-14-7-5-4-6-12(14)2/h4-7H,3,8-9,11H2,1-2H3. The van der Waals surface area contributed by atoms with E-state index in [2.05, 4.69) is 18.0 Å². The largest absolute Gasteiger partial charge is 0.493 e. The molecule has 0 aliphatic carbocycles. The lowest BCUT2D eigenvalue weighted by Crippen LogP contribution is -2.02. The van der Waals surface area contributed by atoms with Crippen LogP contribution in [0.5, 0.6) is 5.75 Å². The molecule has 0 saturated carbocycles. The molecule has 0 saturated heterocycles. The van der Waals surface area contributed by atoms with Gasteiger partial charge in [0.05, 0.1) is 29.8 Å². The van der Waals surface area contributed by atoms with E-state index in [9.17, 15) is 0 Å². The van der Waals surface area contributed by atoms with Crippen LogP contribution in [0.2, 0.25) is 0 Å². The van der Waals surface area contributed by atoms with Crippen LogP contribution >= 0.6 is 11.3 Å². The molecule has 2 rings (SSSR count). The number of aryl methyl sites for hydroxylation is 2. The molecule has 0 spiro atoms. The average molecular weight is 286 g/mol. The van der Waals surface area contributed by atoms with Crippen LogP contribution in [0.25, 0.3) is 0 Å². The van der Waals surface area contributed by atoms with Gasteiger partial charge < -0.3 is 4.74 Å². The first kappa shape index (κ1) is 14.5. The second-order valence-corrected chi connectivity index (χ2v) is 5.70. The Hall–Kier alpha value is -1.86. The van der Waals surface area contributed by atoms with Gasteiger partial charge in [0.2, 0.25) is 0 Å². The summed E-state index contributed by atoms with van der Waals surface area (Å²) >= 11 is 1.63. The first-order chi connectivity index (χ1) is 9.74. The highest BCUT2D eigenvalue weighted by Crippen LogP contribution is 2.21. The number of nitriles is 1. The third kappa shape index (κ3) is 3.58. The molecule has 1 heterocycles. The topological polar surface area (TPSA) is 45.9 Å². The first-order valence-electron chi connectivity index (χ1n) is 6.77. The normalized spacial score (nSPS) is 10.2. The molecule has 1 aromatic carbocycles. The quantitative estimate of drug-likeness (QED) is 0.813. The van der Waals surface area contributed by atoms with Gasteiger partial charge in [-0.25, -0.2) is 4.98 Å². The number of nitrogens with zero attached hydrogens (tertiary/aromatic N) is 2. The van der Waals surface area contributed by atoms with Crippen molar-refractivity contribution in [3.05, 3.63) is 45.4 Å². The SMILES string of the molecule is CCc1nc(CCOc2ccccc2C)sc1CC#N. The highest BCUT2D eigenvalue weighted by atomic mass is 32.1. The molecule has 0 fully saturated rings. The van der Waals surface area contributed by atoms with Gasteiger partial charge in [0.1, 0.15) is 5.75 Å². The van der Waals surface area contributed by atoms with Crippen LogP contribution in [0.15, 0.2) is 24.3 Å². The zero-order valence-corrected chi connectivity index (χ0v) is 12.7. The van der Waals surface area contributed by atoms with Gasteiger partial charge in [-0.1, -0.05) is 25.1 Å². The lowest BCUT2D eigenvalue weighted by molar-refractivity contribution is 0.319. The van der Waals surface area contributed by atoms with Gasteiger partial charge >= 0.3 is 0 Å². The summed E-state index contributed by atoms with van der Waals surface area (Å²) in [6, 6.07) is 10.2. The molecular weight excluding hydrogens is 268 g/mol. The number of ether oxygens (including phenoxy) is 1. The molecule has 2 aromatic rings. The number of thiazole rings is 1. The summed E-state index contributed by atoms with van der Waals surface area (Å²) in [7, 11) is 0. The van der Waals surface area contributed by atoms with Crippen LogP contribution in [-0.2, 0) is 19.3 Å². The van der Waals surface area contributed by atoms with E-state index < -0.39 is 0 Å². The number of rotatable bonds is 6. The summed E-state index contributed by atoms with van der Waals surface area (Å²) in [5, 5.41) is 9.86. The predicted octanol–water partition coefficient (Wildman–Crippen LogP) is 3.70. The molecule has 3 nitrogen and oxygen atoms in total. The molecule has 0 unspecified atom stereocenters. The maximum absolute atomic E-state index is 8.81. The lowest BCUT2D eigenvalue weighted by atomic mass is 10.2. The average Bonchev–Trinajstić information content (AvgIpc) is 2.84. The second-order valence-electron chi connectivity index (χ2n) is 4.53. The van der Waals surface area contributed by atoms with E-state index in [1.54, 1.807) is 11.3 Å². The van der Waals surface area contributed by atoms with Crippen molar-refractivity contribution in [2.24, 2.45) is 0 Å². The molecular formula is C16H18N2OS. The van der Waals surface area contributed by atoms with E-state index in [0.717, 1.165) is 39.7 Å². The Morgan fingerprint density at radius 2 is 2.15 bits per heavy atom. The van der Waals surface area contributed by atoms with Crippen molar-refractivity contribution in [3.63, 3.8) is 0 Å². The predicted molar refractivity (Wildman–Crippen MR) is 81.2 cm³/mol. The van der Waals surface area contributed by atoms with Crippen molar-refractivity contribution < 1.29 is 4.74 Å². The van der Waals surface area contributed by atoms with E-state index in [1.165, 1.54) is 0 Å². The fourth-order valence-electron chi connectivity index (χ4n) is 2.00. The van der Waals surface area contributed by atoms with E-state index in [0.29, 0.717) is 13.0 Å².